The van der Waals surface area contributed by atoms with Crippen LogP contribution in [0.2, 0.25) is 0 Å². The van der Waals surface area contributed by atoms with Crippen molar-refractivity contribution in [2.45, 2.75) is 0 Å². The SMILES string of the molecule is CN1CCN(c2ccc(N3CCN(C(=O)c4ccc(F)c(F)c4)CC3)nn2)CC1. The Morgan fingerprint density at radius 3 is 1.86 bits per heavy atom. The molecule has 29 heavy (non-hydrogen) atoms. The highest BCUT2D eigenvalue weighted by Crippen LogP contribution is 2.19. The van der Waals surface area contributed by atoms with Gasteiger partial charge < -0.3 is 19.6 Å². The summed E-state index contributed by atoms with van der Waals surface area (Å²) in [6.07, 6.45) is 0. The Labute approximate surface area is 168 Å². The van der Waals surface area contributed by atoms with Gasteiger partial charge in [-0.05, 0) is 37.4 Å². The standard InChI is InChI=1S/C20H24F2N6O/c1-25-6-8-26(9-7-25)18-4-5-19(24-23-18)27-10-12-28(13-11-27)20(29)15-2-3-16(21)17(22)14-15/h2-5,14H,6-13H2,1H3. The molecule has 2 aromatic rings. The maximum absolute atomic E-state index is 13.4. The van der Waals surface area contributed by atoms with Gasteiger partial charge in [0.1, 0.15) is 0 Å². The second kappa shape index (κ2) is 8.28. The van der Waals surface area contributed by atoms with Crippen LogP contribution in [-0.4, -0.2) is 85.3 Å². The molecule has 0 aliphatic carbocycles. The predicted octanol–water partition coefficient (Wildman–Crippen LogP) is 1.47. The van der Waals surface area contributed by atoms with E-state index < -0.39 is 11.6 Å². The summed E-state index contributed by atoms with van der Waals surface area (Å²) in [6.45, 7) is 6.09. The third-order valence-corrected chi connectivity index (χ3v) is 5.52. The average Bonchev–Trinajstić information content (AvgIpc) is 2.76. The highest BCUT2D eigenvalue weighted by Gasteiger charge is 2.24. The first-order chi connectivity index (χ1) is 14.0. The first-order valence-electron chi connectivity index (χ1n) is 9.78. The van der Waals surface area contributed by atoms with Crippen molar-refractivity contribution in [2.75, 3.05) is 69.2 Å². The molecule has 4 rings (SSSR count). The van der Waals surface area contributed by atoms with Crippen LogP contribution in [0.4, 0.5) is 20.4 Å². The van der Waals surface area contributed by atoms with Gasteiger partial charge in [0, 0.05) is 57.9 Å². The molecule has 7 nitrogen and oxygen atoms in total. The fraction of sp³-hybridized carbons (Fsp3) is 0.450. The van der Waals surface area contributed by atoms with Crippen LogP contribution in [0.1, 0.15) is 10.4 Å². The molecule has 0 unspecified atom stereocenters. The van der Waals surface area contributed by atoms with Crippen LogP contribution in [0, 0.1) is 11.6 Å². The van der Waals surface area contributed by atoms with Gasteiger partial charge in [0.25, 0.3) is 5.91 Å². The van der Waals surface area contributed by atoms with Crippen molar-refractivity contribution < 1.29 is 13.6 Å². The maximum atomic E-state index is 13.4. The molecule has 2 aliphatic rings. The van der Waals surface area contributed by atoms with Crippen LogP contribution in [0.25, 0.3) is 0 Å². The van der Waals surface area contributed by atoms with E-state index >= 15 is 0 Å². The minimum Gasteiger partial charge on any atom is -0.353 e. The van der Waals surface area contributed by atoms with E-state index in [0.717, 1.165) is 49.9 Å². The third kappa shape index (κ3) is 4.29. The number of carbonyl (C=O) groups is 1. The summed E-state index contributed by atoms with van der Waals surface area (Å²) in [5, 5.41) is 8.75. The number of rotatable bonds is 3. The fourth-order valence-corrected chi connectivity index (χ4v) is 3.64. The molecule has 0 saturated carbocycles. The molecule has 2 fully saturated rings. The first kappa shape index (κ1) is 19.5. The summed E-state index contributed by atoms with van der Waals surface area (Å²) < 4.78 is 26.5. The number of piperazine rings is 2. The van der Waals surface area contributed by atoms with Crippen molar-refractivity contribution in [3.8, 4) is 0 Å². The van der Waals surface area contributed by atoms with Gasteiger partial charge in [-0.1, -0.05) is 0 Å². The van der Waals surface area contributed by atoms with Crippen molar-refractivity contribution >= 4 is 17.5 Å². The summed E-state index contributed by atoms with van der Waals surface area (Å²) in [7, 11) is 2.11. The summed E-state index contributed by atoms with van der Waals surface area (Å²) in [4.78, 5) is 20.8. The zero-order chi connectivity index (χ0) is 20.4. The van der Waals surface area contributed by atoms with Crippen LogP contribution in [0.5, 0.6) is 0 Å². The number of hydrogen-bond acceptors (Lipinski definition) is 6. The van der Waals surface area contributed by atoms with Gasteiger partial charge in [-0.2, -0.15) is 0 Å². The normalized spacial score (nSPS) is 18.2. The smallest absolute Gasteiger partial charge is 0.254 e. The highest BCUT2D eigenvalue weighted by atomic mass is 19.2. The Hall–Kier alpha value is -2.81. The molecule has 0 spiro atoms. The Balaban J connectivity index is 1.34. The number of likely N-dealkylation sites (N-methyl/N-ethyl adjacent to an activating group) is 1. The monoisotopic (exact) mass is 402 g/mol. The molecule has 0 bridgehead atoms. The second-order valence-corrected chi connectivity index (χ2v) is 7.45. The Kier molecular flexibility index (Phi) is 5.57. The van der Waals surface area contributed by atoms with Gasteiger partial charge >= 0.3 is 0 Å². The fourth-order valence-electron chi connectivity index (χ4n) is 3.64. The van der Waals surface area contributed by atoms with Crippen LogP contribution in [0.3, 0.4) is 0 Å². The van der Waals surface area contributed by atoms with E-state index in [1.54, 1.807) is 4.90 Å². The van der Waals surface area contributed by atoms with Gasteiger partial charge in [0.2, 0.25) is 0 Å². The number of carbonyl (C=O) groups excluding carboxylic acids is 1. The minimum atomic E-state index is -1.01. The van der Waals surface area contributed by atoms with Gasteiger partial charge in [0.15, 0.2) is 23.3 Å². The number of halogens is 2. The minimum absolute atomic E-state index is 0.161. The first-order valence-corrected chi connectivity index (χ1v) is 9.78. The molecule has 0 N–H and O–H groups in total. The van der Waals surface area contributed by atoms with Crippen LogP contribution < -0.4 is 9.80 Å². The molecule has 9 heteroatoms. The van der Waals surface area contributed by atoms with E-state index in [1.165, 1.54) is 6.07 Å². The zero-order valence-electron chi connectivity index (χ0n) is 16.4. The van der Waals surface area contributed by atoms with E-state index in [9.17, 15) is 13.6 Å². The number of anilines is 2. The molecule has 1 amide bonds. The molecule has 2 saturated heterocycles. The Morgan fingerprint density at radius 2 is 1.34 bits per heavy atom. The molecular formula is C20H24F2N6O. The third-order valence-electron chi connectivity index (χ3n) is 5.52. The molecule has 1 aromatic carbocycles. The Bertz CT molecular complexity index is 862. The largest absolute Gasteiger partial charge is 0.353 e. The summed E-state index contributed by atoms with van der Waals surface area (Å²) in [6, 6.07) is 7.21. The summed E-state index contributed by atoms with van der Waals surface area (Å²) in [5.41, 5.74) is 0.161. The van der Waals surface area contributed by atoms with E-state index in [0.29, 0.717) is 26.2 Å². The van der Waals surface area contributed by atoms with Crippen molar-refractivity contribution in [3.05, 3.63) is 47.5 Å². The number of amides is 1. The maximum Gasteiger partial charge on any atom is 0.254 e. The van der Waals surface area contributed by atoms with Crippen LogP contribution >= 0.6 is 0 Å². The van der Waals surface area contributed by atoms with Gasteiger partial charge in [-0.25, -0.2) is 8.78 Å². The lowest BCUT2D eigenvalue weighted by Gasteiger charge is -2.36. The molecule has 1 aromatic heterocycles. The molecule has 0 radical (unpaired) electrons. The average molecular weight is 402 g/mol. The lowest BCUT2D eigenvalue weighted by atomic mass is 10.1. The molecule has 0 atom stereocenters. The summed E-state index contributed by atoms with van der Waals surface area (Å²) >= 11 is 0. The topological polar surface area (TPSA) is 55.8 Å². The van der Waals surface area contributed by atoms with E-state index in [2.05, 4.69) is 31.9 Å². The molecular weight excluding hydrogens is 378 g/mol. The summed E-state index contributed by atoms with van der Waals surface area (Å²) in [5.74, 6) is -0.591. The molecule has 3 heterocycles. The predicted molar refractivity (Wildman–Crippen MR) is 106 cm³/mol. The molecule has 2 aliphatic heterocycles. The van der Waals surface area contributed by atoms with E-state index in [1.807, 2.05) is 12.1 Å². The van der Waals surface area contributed by atoms with Crippen LogP contribution in [0.15, 0.2) is 30.3 Å². The van der Waals surface area contributed by atoms with E-state index in [-0.39, 0.29) is 11.5 Å². The van der Waals surface area contributed by atoms with Crippen molar-refractivity contribution in [1.82, 2.24) is 20.0 Å². The van der Waals surface area contributed by atoms with Crippen LogP contribution in [-0.2, 0) is 0 Å². The highest BCUT2D eigenvalue weighted by molar-refractivity contribution is 5.94. The number of nitrogens with zero attached hydrogens (tertiary/aromatic N) is 6. The number of aromatic nitrogens is 2. The lowest BCUT2D eigenvalue weighted by Crippen LogP contribution is -2.49. The van der Waals surface area contributed by atoms with Gasteiger partial charge in [-0.3, -0.25) is 4.79 Å². The lowest BCUT2D eigenvalue weighted by molar-refractivity contribution is 0.0746. The van der Waals surface area contributed by atoms with Crippen molar-refractivity contribution in [1.29, 1.82) is 0 Å². The molecule has 154 valence electrons. The number of benzene rings is 1. The van der Waals surface area contributed by atoms with Crippen molar-refractivity contribution in [3.63, 3.8) is 0 Å². The van der Waals surface area contributed by atoms with E-state index in [4.69, 9.17) is 0 Å². The Morgan fingerprint density at radius 1 is 0.793 bits per heavy atom. The van der Waals surface area contributed by atoms with Gasteiger partial charge in [0.05, 0.1) is 0 Å². The number of hydrogen-bond donors (Lipinski definition) is 0. The quantitative estimate of drug-likeness (QED) is 0.775. The second-order valence-electron chi connectivity index (χ2n) is 7.45. The zero-order valence-corrected chi connectivity index (χ0v) is 16.4. The van der Waals surface area contributed by atoms with Crippen molar-refractivity contribution in [2.24, 2.45) is 0 Å². The van der Waals surface area contributed by atoms with Gasteiger partial charge in [-0.15, -0.1) is 10.2 Å².